The largest absolute Gasteiger partial charge is 0.396 e. The Bertz CT molecular complexity index is 724. The summed E-state index contributed by atoms with van der Waals surface area (Å²) in [6.45, 7) is 8.48. The molecule has 2 N–H and O–H groups in total. The fraction of sp³-hybridized carbons (Fsp3) is 0.630. The summed E-state index contributed by atoms with van der Waals surface area (Å²) in [5.74, 6) is 0.303. The number of carbonyl (C=O) groups excluding carboxylic acids is 2. The minimum absolute atomic E-state index is 0.0953. The van der Waals surface area contributed by atoms with Crippen molar-refractivity contribution in [1.82, 2.24) is 0 Å². The van der Waals surface area contributed by atoms with Crippen LogP contribution in [0.15, 0.2) is 46.6 Å². The lowest BCUT2D eigenvalue weighted by Gasteiger charge is -2.21. The van der Waals surface area contributed by atoms with Crippen molar-refractivity contribution in [3.8, 4) is 0 Å². The molecule has 0 saturated carbocycles. The van der Waals surface area contributed by atoms with Gasteiger partial charge in [-0.1, -0.05) is 52.0 Å². The average molecular weight is 429 g/mol. The lowest BCUT2D eigenvalue weighted by atomic mass is 9.87. The van der Waals surface area contributed by atoms with Gasteiger partial charge in [-0.3, -0.25) is 9.59 Å². The Labute approximate surface area is 187 Å². The Morgan fingerprint density at radius 2 is 0.871 bits per heavy atom. The van der Waals surface area contributed by atoms with Gasteiger partial charge in [0, 0.05) is 13.2 Å². The standard InChI is InChI=1S/C27H40O4/c1-26(2,18-28)16-6-10-22-14-12-20(24(22)30)8-5-9-21-13-15-23(25(21)31)11-7-17-27(3,4)19-29/h12-15,28-29H,5-11,16-19H2,1-4H3. The molecule has 0 spiro atoms. The van der Waals surface area contributed by atoms with E-state index in [4.69, 9.17) is 0 Å². The van der Waals surface area contributed by atoms with Crippen LogP contribution in [-0.4, -0.2) is 35.0 Å². The zero-order valence-electron chi connectivity index (χ0n) is 19.8. The van der Waals surface area contributed by atoms with Crippen molar-refractivity contribution in [2.45, 2.75) is 85.5 Å². The maximum atomic E-state index is 12.6. The second-order valence-electron chi connectivity index (χ2n) is 10.6. The van der Waals surface area contributed by atoms with Gasteiger partial charge in [0.2, 0.25) is 0 Å². The molecule has 4 nitrogen and oxygen atoms in total. The molecule has 0 bridgehead atoms. The Morgan fingerprint density at radius 1 is 0.581 bits per heavy atom. The van der Waals surface area contributed by atoms with Gasteiger partial charge in [0.15, 0.2) is 11.6 Å². The highest BCUT2D eigenvalue weighted by molar-refractivity contribution is 6.11. The Morgan fingerprint density at radius 3 is 1.16 bits per heavy atom. The molecular formula is C27H40O4. The van der Waals surface area contributed by atoms with Crippen molar-refractivity contribution in [3.05, 3.63) is 46.6 Å². The van der Waals surface area contributed by atoms with Crippen LogP contribution in [0.5, 0.6) is 0 Å². The number of rotatable bonds is 14. The fourth-order valence-electron chi connectivity index (χ4n) is 4.05. The number of hydrogen-bond acceptors (Lipinski definition) is 4. The summed E-state index contributed by atoms with van der Waals surface area (Å²) in [4.78, 5) is 25.2. The molecule has 31 heavy (non-hydrogen) atoms. The lowest BCUT2D eigenvalue weighted by molar-refractivity contribution is -0.112. The topological polar surface area (TPSA) is 74.6 Å². The van der Waals surface area contributed by atoms with Gasteiger partial charge in [0.25, 0.3) is 0 Å². The molecule has 0 fully saturated rings. The van der Waals surface area contributed by atoms with E-state index < -0.39 is 0 Å². The number of aliphatic hydroxyl groups is 2. The summed E-state index contributed by atoms with van der Waals surface area (Å²) in [6, 6.07) is 0. The molecule has 0 saturated heterocycles. The van der Waals surface area contributed by atoms with Gasteiger partial charge in [0.05, 0.1) is 0 Å². The summed E-state index contributed by atoms with van der Waals surface area (Å²) in [5, 5.41) is 18.7. The highest BCUT2D eigenvalue weighted by atomic mass is 16.3. The molecule has 0 aliphatic heterocycles. The van der Waals surface area contributed by atoms with Crippen LogP contribution in [0.1, 0.15) is 85.5 Å². The molecule has 4 heteroatoms. The van der Waals surface area contributed by atoms with Gasteiger partial charge in [-0.25, -0.2) is 0 Å². The minimum atomic E-state index is -0.0953. The molecule has 0 aromatic rings. The molecule has 2 rings (SSSR count). The van der Waals surface area contributed by atoms with Crippen molar-refractivity contribution in [3.63, 3.8) is 0 Å². The van der Waals surface area contributed by atoms with Crippen LogP contribution >= 0.6 is 0 Å². The maximum absolute atomic E-state index is 12.6. The van der Waals surface area contributed by atoms with Crippen molar-refractivity contribution in [2.75, 3.05) is 13.2 Å². The smallest absolute Gasteiger partial charge is 0.184 e. The fourth-order valence-corrected chi connectivity index (χ4v) is 4.05. The molecule has 0 aromatic carbocycles. The maximum Gasteiger partial charge on any atom is 0.184 e. The Balaban J connectivity index is 1.67. The normalized spacial score (nSPS) is 17.1. The number of Topliss-reactive ketones (excluding diaryl/α,β-unsaturated/α-hetero) is 2. The van der Waals surface area contributed by atoms with Crippen LogP contribution in [0.3, 0.4) is 0 Å². The van der Waals surface area contributed by atoms with E-state index in [1.165, 1.54) is 0 Å². The molecule has 0 aromatic heterocycles. The molecule has 0 unspecified atom stereocenters. The van der Waals surface area contributed by atoms with Crippen LogP contribution in [0, 0.1) is 10.8 Å². The van der Waals surface area contributed by atoms with Crippen LogP contribution in [-0.2, 0) is 9.59 Å². The van der Waals surface area contributed by atoms with Gasteiger partial charge in [0.1, 0.15) is 0 Å². The Hall–Kier alpha value is -1.78. The number of carbonyl (C=O) groups is 2. The van der Waals surface area contributed by atoms with E-state index in [1.54, 1.807) is 0 Å². The van der Waals surface area contributed by atoms with Gasteiger partial charge in [-0.05, 0) is 90.9 Å². The van der Waals surface area contributed by atoms with E-state index in [2.05, 4.69) is 0 Å². The van der Waals surface area contributed by atoms with E-state index in [0.29, 0.717) is 12.8 Å². The number of ketones is 2. The van der Waals surface area contributed by atoms with Crippen molar-refractivity contribution in [1.29, 1.82) is 0 Å². The second kappa shape index (κ2) is 11.2. The zero-order chi connectivity index (χ0) is 23.1. The third-order valence-corrected chi connectivity index (χ3v) is 6.49. The predicted molar refractivity (Wildman–Crippen MR) is 126 cm³/mol. The van der Waals surface area contributed by atoms with E-state index >= 15 is 0 Å². The predicted octanol–water partition coefficient (Wildman–Crippen LogP) is 5.41. The van der Waals surface area contributed by atoms with E-state index in [1.807, 2.05) is 52.0 Å². The quantitative estimate of drug-likeness (QED) is 0.388. The molecule has 0 radical (unpaired) electrons. The lowest BCUT2D eigenvalue weighted by Crippen LogP contribution is -2.16. The molecule has 172 valence electrons. The van der Waals surface area contributed by atoms with Gasteiger partial charge in [-0.15, -0.1) is 0 Å². The van der Waals surface area contributed by atoms with Gasteiger partial charge in [-0.2, -0.15) is 0 Å². The van der Waals surface area contributed by atoms with Gasteiger partial charge < -0.3 is 10.2 Å². The summed E-state index contributed by atoms with van der Waals surface area (Å²) in [6.07, 6.45) is 15.1. The third-order valence-electron chi connectivity index (χ3n) is 6.49. The summed E-state index contributed by atoms with van der Waals surface area (Å²) < 4.78 is 0. The Kier molecular flexibility index (Phi) is 9.20. The third kappa shape index (κ3) is 7.69. The molecule has 0 heterocycles. The highest BCUT2D eigenvalue weighted by Crippen LogP contribution is 2.30. The summed E-state index contributed by atoms with van der Waals surface area (Å²) >= 11 is 0. The van der Waals surface area contributed by atoms with Crippen molar-refractivity contribution < 1.29 is 19.8 Å². The molecule has 2 aliphatic rings. The summed E-state index contributed by atoms with van der Waals surface area (Å²) in [7, 11) is 0. The first-order chi connectivity index (χ1) is 14.6. The highest BCUT2D eigenvalue weighted by Gasteiger charge is 2.23. The van der Waals surface area contributed by atoms with E-state index in [9.17, 15) is 19.8 Å². The first kappa shape index (κ1) is 25.5. The number of aliphatic hydroxyl groups excluding tert-OH is 2. The monoisotopic (exact) mass is 428 g/mol. The number of hydrogen-bond donors (Lipinski definition) is 2. The van der Waals surface area contributed by atoms with Crippen molar-refractivity contribution >= 4 is 11.6 Å². The van der Waals surface area contributed by atoms with E-state index in [-0.39, 0.29) is 35.6 Å². The molecular weight excluding hydrogens is 388 g/mol. The van der Waals surface area contributed by atoms with Gasteiger partial charge >= 0.3 is 0 Å². The SMILES string of the molecule is CC(C)(CO)CCCC1=CC=C(CCCC2=CC=C(CCCC(C)(C)CO)C2=O)C1=O. The van der Waals surface area contributed by atoms with E-state index in [0.717, 1.165) is 67.2 Å². The zero-order valence-corrected chi connectivity index (χ0v) is 19.8. The average Bonchev–Trinajstić information content (AvgIpc) is 3.25. The first-order valence-electron chi connectivity index (χ1n) is 11.7. The van der Waals surface area contributed by atoms with Crippen LogP contribution in [0.4, 0.5) is 0 Å². The van der Waals surface area contributed by atoms with Crippen LogP contribution < -0.4 is 0 Å². The molecule has 0 atom stereocenters. The van der Waals surface area contributed by atoms with Crippen LogP contribution in [0.25, 0.3) is 0 Å². The minimum Gasteiger partial charge on any atom is -0.396 e. The van der Waals surface area contributed by atoms with Crippen molar-refractivity contribution in [2.24, 2.45) is 10.8 Å². The number of allylic oxidation sites excluding steroid dienone is 8. The summed E-state index contributed by atoms with van der Waals surface area (Å²) in [5.41, 5.74) is 3.25. The molecule has 0 amide bonds. The second-order valence-corrected chi connectivity index (χ2v) is 10.6. The molecule has 2 aliphatic carbocycles. The first-order valence-corrected chi connectivity index (χ1v) is 11.7. The van der Waals surface area contributed by atoms with Crippen LogP contribution in [0.2, 0.25) is 0 Å².